The highest BCUT2D eigenvalue weighted by atomic mass is 19.1. The second-order valence-corrected chi connectivity index (χ2v) is 3.41. The lowest BCUT2D eigenvalue weighted by Gasteiger charge is -2.05. The number of pyridine rings is 1. The molecule has 0 radical (unpaired) electrons. The molecule has 0 saturated carbocycles. The fourth-order valence-electron chi connectivity index (χ4n) is 1.30. The number of hydrazine groups is 1. The number of carbonyl (C=O) groups is 1. The van der Waals surface area contributed by atoms with Crippen LogP contribution in [0.25, 0.3) is 0 Å². The first-order valence-corrected chi connectivity index (χ1v) is 4.96. The van der Waals surface area contributed by atoms with E-state index in [4.69, 9.17) is 10.3 Å². The van der Waals surface area contributed by atoms with Crippen molar-refractivity contribution in [2.75, 3.05) is 10.7 Å². The first-order valence-electron chi connectivity index (χ1n) is 4.96. The molecule has 0 saturated heterocycles. The molecular weight excluding hydrogens is 241 g/mol. The van der Waals surface area contributed by atoms with Crippen molar-refractivity contribution in [3.63, 3.8) is 0 Å². The molecule has 7 nitrogen and oxygen atoms in total. The second-order valence-electron chi connectivity index (χ2n) is 3.41. The summed E-state index contributed by atoms with van der Waals surface area (Å²) >= 11 is 0. The van der Waals surface area contributed by atoms with Gasteiger partial charge in [0, 0.05) is 6.20 Å². The van der Waals surface area contributed by atoms with E-state index in [0.29, 0.717) is 5.69 Å². The van der Waals surface area contributed by atoms with E-state index >= 15 is 0 Å². The molecule has 94 valence electrons. The lowest BCUT2D eigenvalue weighted by Crippen LogP contribution is -2.17. The molecular formula is C10H10FN5O2. The number of hydrogen-bond acceptors (Lipinski definition) is 6. The fraction of sp³-hybridized carbons (Fsp3) is 0.100. The number of aryl methyl sites for hydroxylation is 1. The molecule has 0 aliphatic heterocycles. The van der Waals surface area contributed by atoms with Gasteiger partial charge in [0.1, 0.15) is 6.26 Å². The minimum Gasteiger partial charge on any atom is -0.432 e. The molecule has 0 unspecified atom stereocenters. The van der Waals surface area contributed by atoms with E-state index in [2.05, 4.69) is 20.7 Å². The Hall–Kier alpha value is -2.48. The van der Waals surface area contributed by atoms with Gasteiger partial charge in [-0.3, -0.25) is 10.1 Å². The molecule has 8 heteroatoms. The average Bonchev–Trinajstić information content (AvgIpc) is 2.75. The Balaban J connectivity index is 2.24. The minimum absolute atomic E-state index is 0.00373. The van der Waals surface area contributed by atoms with Crippen LogP contribution in [0.3, 0.4) is 0 Å². The number of nitrogen functional groups attached to an aromatic ring is 1. The maximum atomic E-state index is 13.7. The van der Waals surface area contributed by atoms with Crippen LogP contribution >= 0.6 is 0 Å². The van der Waals surface area contributed by atoms with Gasteiger partial charge in [-0.1, -0.05) is 0 Å². The minimum atomic E-state index is -0.847. The summed E-state index contributed by atoms with van der Waals surface area (Å²) in [6, 6.07) is 1.22. The largest absolute Gasteiger partial charge is 0.432 e. The van der Waals surface area contributed by atoms with Gasteiger partial charge in [-0.05, 0) is 13.0 Å². The zero-order valence-electron chi connectivity index (χ0n) is 9.40. The molecule has 0 aliphatic rings. The highest BCUT2D eigenvalue weighted by Crippen LogP contribution is 2.15. The van der Waals surface area contributed by atoms with E-state index in [9.17, 15) is 9.18 Å². The zero-order valence-corrected chi connectivity index (χ0v) is 9.40. The Kier molecular flexibility index (Phi) is 3.20. The van der Waals surface area contributed by atoms with E-state index in [-0.39, 0.29) is 17.4 Å². The normalized spacial score (nSPS) is 10.2. The number of hydrogen-bond donors (Lipinski definition) is 3. The predicted molar refractivity (Wildman–Crippen MR) is 61.2 cm³/mol. The van der Waals surface area contributed by atoms with Crippen LogP contribution in [0.1, 0.15) is 16.1 Å². The van der Waals surface area contributed by atoms with Crippen molar-refractivity contribution in [3.05, 3.63) is 35.6 Å². The van der Waals surface area contributed by atoms with Crippen molar-refractivity contribution >= 4 is 17.7 Å². The molecule has 2 rings (SSSR count). The lowest BCUT2D eigenvalue weighted by atomic mass is 10.2. The summed E-state index contributed by atoms with van der Waals surface area (Å²) in [5.41, 5.74) is 2.44. The van der Waals surface area contributed by atoms with Crippen LogP contribution in [-0.4, -0.2) is 15.9 Å². The third-order valence-corrected chi connectivity index (χ3v) is 2.11. The summed E-state index contributed by atoms with van der Waals surface area (Å²) in [7, 11) is 0. The molecule has 1 amide bonds. The molecule has 2 heterocycles. The number of aromatic nitrogens is 2. The maximum absolute atomic E-state index is 13.7. The number of nitrogens with one attached hydrogen (secondary N) is 2. The van der Waals surface area contributed by atoms with Crippen molar-refractivity contribution in [2.24, 2.45) is 5.84 Å². The zero-order chi connectivity index (χ0) is 13.1. The summed E-state index contributed by atoms with van der Waals surface area (Å²) in [6.45, 7) is 1.70. The van der Waals surface area contributed by atoms with Crippen LogP contribution in [-0.2, 0) is 0 Å². The third kappa shape index (κ3) is 2.28. The quantitative estimate of drug-likeness (QED) is 0.556. The van der Waals surface area contributed by atoms with Crippen LogP contribution in [0.4, 0.5) is 16.2 Å². The topological polar surface area (TPSA) is 106 Å². The van der Waals surface area contributed by atoms with E-state index in [1.165, 1.54) is 18.5 Å². The molecule has 18 heavy (non-hydrogen) atoms. The number of nitrogens with zero attached hydrogens (tertiary/aromatic N) is 2. The third-order valence-electron chi connectivity index (χ3n) is 2.11. The highest BCUT2D eigenvalue weighted by molar-refractivity contribution is 6.03. The van der Waals surface area contributed by atoms with Gasteiger partial charge in [-0.15, -0.1) is 0 Å². The number of halogens is 1. The van der Waals surface area contributed by atoms with E-state index in [1.54, 1.807) is 6.92 Å². The highest BCUT2D eigenvalue weighted by Gasteiger charge is 2.17. The van der Waals surface area contributed by atoms with E-state index < -0.39 is 11.7 Å². The maximum Gasteiger partial charge on any atom is 0.301 e. The van der Waals surface area contributed by atoms with Gasteiger partial charge in [0.05, 0.1) is 11.3 Å². The van der Waals surface area contributed by atoms with Gasteiger partial charge in [0.25, 0.3) is 5.91 Å². The Morgan fingerprint density at radius 2 is 2.33 bits per heavy atom. The monoisotopic (exact) mass is 251 g/mol. The first kappa shape index (κ1) is 12.0. The summed E-state index contributed by atoms with van der Waals surface area (Å²) in [6.07, 6.45) is 2.62. The molecule has 0 fully saturated rings. The number of carbonyl (C=O) groups excluding carboxylic acids is 1. The average molecular weight is 251 g/mol. The second kappa shape index (κ2) is 4.80. The Morgan fingerprint density at radius 3 is 2.94 bits per heavy atom. The summed E-state index contributed by atoms with van der Waals surface area (Å²) in [4.78, 5) is 19.3. The van der Waals surface area contributed by atoms with Crippen LogP contribution in [0.2, 0.25) is 0 Å². The Labute approximate surface area is 101 Å². The van der Waals surface area contributed by atoms with Gasteiger partial charge in [0.2, 0.25) is 0 Å². The van der Waals surface area contributed by atoms with Gasteiger partial charge in [-0.25, -0.2) is 15.2 Å². The van der Waals surface area contributed by atoms with Crippen molar-refractivity contribution in [3.8, 4) is 0 Å². The fourth-order valence-corrected chi connectivity index (χ4v) is 1.30. The summed E-state index contributed by atoms with van der Waals surface area (Å²) < 4.78 is 18.6. The molecule has 0 aliphatic carbocycles. The number of nitrogens with two attached hydrogens (primary N) is 1. The summed E-state index contributed by atoms with van der Waals surface area (Å²) in [5, 5.41) is 2.32. The SMILES string of the molecule is Cc1coc(NC(=O)c2ccnc(NN)c2F)n1. The van der Waals surface area contributed by atoms with Crippen LogP contribution in [0, 0.1) is 12.7 Å². The molecule has 0 bridgehead atoms. The Morgan fingerprint density at radius 1 is 1.56 bits per heavy atom. The van der Waals surface area contributed by atoms with Crippen molar-refractivity contribution in [1.29, 1.82) is 0 Å². The molecule has 2 aromatic rings. The van der Waals surface area contributed by atoms with Gasteiger partial charge >= 0.3 is 6.01 Å². The number of anilines is 2. The van der Waals surface area contributed by atoms with Gasteiger partial charge in [0.15, 0.2) is 11.6 Å². The van der Waals surface area contributed by atoms with Crippen molar-refractivity contribution < 1.29 is 13.6 Å². The van der Waals surface area contributed by atoms with Crippen molar-refractivity contribution in [1.82, 2.24) is 9.97 Å². The molecule has 4 N–H and O–H groups in total. The smallest absolute Gasteiger partial charge is 0.301 e. The lowest BCUT2D eigenvalue weighted by molar-refractivity contribution is 0.102. The number of amides is 1. The summed E-state index contributed by atoms with van der Waals surface area (Å²) in [5.74, 6) is 3.30. The standard InChI is InChI=1S/C10H10FN5O2/c1-5-4-18-10(14-5)15-9(17)6-2-3-13-8(16-12)7(6)11/h2-4H,12H2,1H3,(H,13,16)(H,14,15,17). The van der Waals surface area contributed by atoms with Crippen molar-refractivity contribution in [2.45, 2.75) is 6.92 Å². The van der Waals surface area contributed by atoms with Crippen LogP contribution in [0.15, 0.2) is 22.9 Å². The van der Waals surface area contributed by atoms with Gasteiger partial charge < -0.3 is 9.84 Å². The van der Waals surface area contributed by atoms with Gasteiger partial charge in [-0.2, -0.15) is 4.98 Å². The van der Waals surface area contributed by atoms with Crippen LogP contribution in [0.5, 0.6) is 0 Å². The van der Waals surface area contributed by atoms with Crippen LogP contribution < -0.4 is 16.6 Å². The van der Waals surface area contributed by atoms with E-state index in [0.717, 1.165) is 0 Å². The molecule has 0 atom stereocenters. The van der Waals surface area contributed by atoms with E-state index in [1.807, 2.05) is 0 Å². The number of rotatable bonds is 3. The molecule has 0 aromatic carbocycles. The first-order chi connectivity index (χ1) is 8.61. The molecule has 0 spiro atoms. The Bertz CT molecular complexity index is 583. The number of oxazole rings is 1. The predicted octanol–water partition coefficient (Wildman–Crippen LogP) is 1.06. The molecule has 2 aromatic heterocycles.